The summed E-state index contributed by atoms with van der Waals surface area (Å²) in [5, 5.41) is 12.6. The fraction of sp³-hybridized carbons (Fsp3) is 0.214. The van der Waals surface area contributed by atoms with Gasteiger partial charge in [0, 0.05) is 22.5 Å². The molecule has 0 spiro atoms. The lowest BCUT2D eigenvalue weighted by Gasteiger charge is -1.99. The molecule has 0 radical (unpaired) electrons. The Labute approximate surface area is 109 Å². The normalized spacial score (nSPS) is 11.3. The Morgan fingerprint density at radius 3 is 2.79 bits per heavy atom. The number of furan rings is 1. The molecule has 0 aliphatic heterocycles. The van der Waals surface area contributed by atoms with Gasteiger partial charge in [-0.25, -0.2) is 0 Å². The average Bonchev–Trinajstić information content (AvgIpc) is 2.75. The van der Waals surface area contributed by atoms with E-state index in [-0.39, 0.29) is 5.69 Å². The number of non-ortho nitro benzene ring substituents is 1. The molecule has 0 unspecified atom stereocenters. The topological polar surface area (TPSA) is 69.2 Å². The van der Waals surface area contributed by atoms with E-state index in [0.717, 1.165) is 34.2 Å². The molecular formula is C14H12N2O3. The quantitative estimate of drug-likeness (QED) is 0.517. The van der Waals surface area contributed by atoms with Gasteiger partial charge in [-0.2, -0.15) is 0 Å². The van der Waals surface area contributed by atoms with Crippen molar-refractivity contribution in [1.29, 1.82) is 0 Å². The van der Waals surface area contributed by atoms with Crippen LogP contribution in [0.3, 0.4) is 0 Å². The van der Waals surface area contributed by atoms with Crippen LogP contribution in [0.15, 0.2) is 28.7 Å². The molecule has 5 heteroatoms. The zero-order valence-electron chi connectivity index (χ0n) is 10.6. The molecule has 2 heterocycles. The standard InChI is InChI=1S/C14H12N2O3/c1-3-12-14-11(6-8(2)15-12)10-5-4-9(16(17)18)7-13(10)19-14/h4-7H,3H2,1-2H3. The van der Waals surface area contributed by atoms with Crippen molar-refractivity contribution in [1.82, 2.24) is 4.98 Å². The van der Waals surface area contributed by atoms with Crippen molar-refractivity contribution >= 4 is 27.6 Å². The SMILES string of the molecule is CCc1nc(C)cc2c1oc1cc([N+](=O)[O-])ccc12. The van der Waals surface area contributed by atoms with E-state index in [1.807, 2.05) is 19.9 Å². The van der Waals surface area contributed by atoms with Crippen LogP contribution in [0.2, 0.25) is 0 Å². The van der Waals surface area contributed by atoms with Gasteiger partial charge in [0.15, 0.2) is 5.58 Å². The van der Waals surface area contributed by atoms with Crippen molar-refractivity contribution < 1.29 is 9.34 Å². The fourth-order valence-electron chi connectivity index (χ4n) is 2.32. The van der Waals surface area contributed by atoms with Gasteiger partial charge in [-0.3, -0.25) is 15.1 Å². The molecule has 0 atom stereocenters. The molecule has 0 amide bonds. The predicted molar refractivity (Wildman–Crippen MR) is 72.3 cm³/mol. The Kier molecular flexibility index (Phi) is 2.48. The Morgan fingerprint density at radius 1 is 1.32 bits per heavy atom. The largest absolute Gasteiger partial charge is 0.454 e. The number of pyridine rings is 1. The van der Waals surface area contributed by atoms with Gasteiger partial charge in [-0.15, -0.1) is 0 Å². The second-order valence-corrected chi connectivity index (χ2v) is 4.48. The number of aromatic nitrogens is 1. The maximum absolute atomic E-state index is 10.8. The van der Waals surface area contributed by atoms with Gasteiger partial charge < -0.3 is 4.42 Å². The average molecular weight is 256 g/mol. The van der Waals surface area contributed by atoms with Gasteiger partial charge in [0.1, 0.15) is 5.58 Å². The van der Waals surface area contributed by atoms with Crippen LogP contribution in [0, 0.1) is 17.0 Å². The molecule has 0 fully saturated rings. The van der Waals surface area contributed by atoms with Crippen molar-refractivity contribution in [2.24, 2.45) is 0 Å². The summed E-state index contributed by atoms with van der Waals surface area (Å²) in [6, 6.07) is 6.65. The van der Waals surface area contributed by atoms with Crippen LogP contribution < -0.4 is 0 Å². The highest BCUT2D eigenvalue weighted by Crippen LogP contribution is 2.33. The van der Waals surface area contributed by atoms with Crippen molar-refractivity contribution in [3.8, 4) is 0 Å². The smallest absolute Gasteiger partial charge is 0.273 e. The highest BCUT2D eigenvalue weighted by molar-refractivity contribution is 6.06. The summed E-state index contributed by atoms with van der Waals surface area (Å²) < 4.78 is 5.75. The molecule has 0 N–H and O–H groups in total. The van der Waals surface area contributed by atoms with E-state index in [4.69, 9.17) is 4.42 Å². The third-order valence-electron chi connectivity index (χ3n) is 3.18. The summed E-state index contributed by atoms with van der Waals surface area (Å²) in [6.45, 7) is 3.94. The van der Waals surface area contributed by atoms with Gasteiger partial charge in [0.2, 0.25) is 0 Å². The number of nitrogens with zero attached hydrogens (tertiary/aromatic N) is 2. The highest BCUT2D eigenvalue weighted by atomic mass is 16.6. The Morgan fingerprint density at radius 2 is 2.11 bits per heavy atom. The van der Waals surface area contributed by atoms with E-state index in [1.54, 1.807) is 6.07 Å². The van der Waals surface area contributed by atoms with Crippen LogP contribution in [0.4, 0.5) is 5.69 Å². The second-order valence-electron chi connectivity index (χ2n) is 4.48. The molecule has 2 aromatic heterocycles. The van der Waals surface area contributed by atoms with Gasteiger partial charge in [0.25, 0.3) is 5.69 Å². The van der Waals surface area contributed by atoms with Crippen LogP contribution in [0.1, 0.15) is 18.3 Å². The van der Waals surface area contributed by atoms with Gasteiger partial charge in [0.05, 0.1) is 16.7 Å². The Balaban J connectivity index is 2.41. The van der Waals surface area contributed by atoms with Gasteiger partial charge in [-0.05, 0) is 25.5 Å². The number of benzene rings is 1. The molecule has 0 aliphatic rings. The van der Waals surface area contributed by atoms with Crippen LogP contribution >= 0.6 is 0 Å². The number of aryl methyl sites for hydroxylation is 2. The van der Waals surface area contributed by atoms with Crippen molar-refractivity contribution in [3.63, 3.8) is 0 Å². The highest BCUT2D eigenvalue weighted by Gasteiger charge is 2.15. The second kappa shape index (κ2) is 4.05. The summed E-state index contributed by atoms with van der Waals surface area (Å²) in [5.74, 6) is 0. The summed E-state index contributed by atoms with van der Waals surface area (Å²) in [5.41, 5.74) is 3.10. The minimum atomic E-state index is -0.420. The summed E-state index contributed by atoms with van der Waals surface area (Å²) in [6.07, 6.45) is 0.764. The van der Waals surface area contributed by atoms with Gasteiger partial charge >= 0.3 is 0 Å². The first kappa shape index (κ1) is 11.6. The molecular weight excluding hydrogens is 244 g/mol. The molecule has 0 bridgehead atoms. The summed E-state index contributed by atoms with van der Waals surface area (Å²) >= 11 is 0. The van der Waals surface area contributed by atoms with E-state index in [0.29, 0.717) is 5.58 Å². The number of nitro benzene ring substituents is 1. The summed E-state index contributed by atoms with van der Waals surface area (Å²) in [7, 11) is 0. The molecule has 5 nitrogen and oxygen atoms in total. The first-order valence-electron chi connectivity index (χ1n) is 6.07. The zero-order chi connectivity index (χ0) is 13.6. The molecule has 96 valence electrons. The maximum atomic E-state index is 10.8. The predicted octanol–water partition coefficient (Wildman–Crippen LogP) is 3.76. The van der Waals surface area contributed by atoms with Crippen molar-refractivity contribution in [3.05, 3.63) is 45.8 Å². The number of hydrogen-bond donors (Lipinski definition) is 0. The van der Waals surface area contributed by atoms with E-state index < -0.39 is 4.92 Å². The third-order valence-corrected chi connectivity index (χ3v) is 3.18. The lowest BCUT2D eigenvalue weighted by Crippen LogP contribution is -1.90. The Hall–Kier alpha value is -2.43. The molecule has 19 heavy (non-hydrogen) atoms. The van der Waals surface area contributed by atoms with Crippen molar-refractivity contribution in [2.45, 2.75) is 20.3 Å². The van der Waals surface area contributed by atoms with Gasteiger partial charge in [-0.1, -0.05) is 6.92 Å². The fourth-order valence-corrected chi connectivity index (χ4v) is 2.32. The number of nitro groups is 1. The third kappa shape index (κ3) is 1.74. The molecule has 1 aromatic carbocycles. The lowest BCUT2D eigenvalue weighted by molar-refractivity contribution is -0.384. The van der Waals surface area contributed by atoms with Crippen molar-refractivity contribution in [2.75, 3.05) is 0 Å². The van der Waals surface area contributed by atoms with Crippen LogP contribution in [0.5, 0.6) is 0 Å². The summed E-state index contributed by atoms with van der Waals surface area (Å²) in [4.78, 5) is 14.8. The minimum absolute atomic E-state index is 0.0364. The van der Waals surface area contributed by atoms with E-state index in [9.17, 15) is 10.1 Å². The number of hydrogen-bond acceptors (Lipinski definition) is 4. The van der Waals surface area contributed by atoms with E-state index >= 15 is 0 Å². The maximum Gasteiger partial charge on any atom is 0.273 e. The zero-order valence-corrected chi connectivity index (χ0v) is 10.6. The van der Waals surface area contributed by atoms with E-state index in [2.05, 4.69) is 4.98 Å². The molecule has 0 aliphatic carbocycles. The lowest BCUT2D eigenvalue weighted by atomic mass is 10.1. The number of rotatable bonds is 2. The Bertz CT molecular complexity index is 805. The van der Waals surface area contributed by atoms with Crippen LogP contribution in [-0.4, -0.2) is 9.91 Å². The first-order chi connectivity index (χ1) is 9.10. The minimum Gasteiger partial charge on any atom is -0.454 e. The number of fused-ring (bicyclic) bond motifs is 3. The molecule has 0 saturated carbocycles. The molecule has 3 rings (SSSR count). The first-order valence-corrected chi connectivity index (χ1v) is 6.07. The van der Waals surface area contributed by atoms with Crippen LogP contribution in [0.25, 0.3) is 21.9 Å². The monoisotopic (exact) mass is 256 g/mol. The molecule has 3 aromatic rings. The van der Waals surface area contributed by atoms with Crippen LogP contribution in [-0.2, 0) is 6.42 Å². The van der Waals surface area contributed by atoms with E-state index in [1.165, 1.54) is 12.1 Å². The molecule has 0 saturated heterocycles.